The van der Waals surface area contributed by atoms with Crippen LogP contribution >= 0.6 is 23.2 Å². The monoisotopic (exact) mass is 467 g/mol. The number of benzene rings is 2. The van der Waals surface area contributed by atoms with Crippen LogP contribution in [0.3, 0.4) is 0 Å². The van der Waals surface area contributed by atoms with E-state index < -0.39 is 16.1 Å². The minimum absolute atomic E-state index is 0.0129. The Bertz CT molecular complexity index is 1160. The summed E-state index contributed by atoms with van der Waals surface area (Å²) in [5, 5.41) is 0.424. The molecule has 0 bridgehead atoms. The maximum atomic E-state index is 13.6. The number of hydrogen-bond donors (Lipinski definition) is 0. The van der Waals surface area contributed by atoms with Gasteiger partial charge in [0.15, 0.2) is 0 Å². The van der Waals surface area contributed by atoms with Crippen LogP contribution in [-0.4, -0.2) is 33.5 Å². The zero-order valence-electron chi connectivity index (χ0n) is 16.3. The predicted octanol–water partition coefficient (Wildman–Crippen LogP) is 4.94. The number of sulfonamides is 1. The molecule has 4 rings (SSSR count). The zero-order chi connectivity index (χ0) is 21.5. The van der Waals surface area contributed by atoms with Gasteiger partial charge in [0.1, 0.15) is 28.2 Å². The van der Waals surface area contributed by atoms with Gasteiger partial charge in [-0.3, -0.25) is 0 Å². The average Bonchev–Trinajstić information content (AvgIpc) is 3.26. The highest BCUT2D eigenvalue weighted by Crippen LogP contribution is 2.45. The summed E-state index contributed by atoms with van der Waals surface area (Å²) in [6, 6.07) is 10.7. The molecule has 0 N–H and O–H groups in total. The molecule has 0 amide bonds. The van der Waals surface area contributed by atoms with E-state index in [4.69, 9.17) is 37.1 Å². The van der Waals surface area contributed by atoms with Crippen LogP contribution in [0.5, 0.6) is 11.5 Å². The number of fused-ring (bicyclic) bond motifs is 1. The second-order valence-electron chi connectivity index (χ2n) is 6.76. The van der Waals surface area contributed by atoms with Crippen LogP contribution in [0.2, 0.25) is 10.0 Å². The predicted molar refractivity (Wildman–Crippen MR) is 114 cm³/mol. The highest BCUT2D eigenvalue weighted by Gasteiger charge is 2.41. The van der Waals surface area contributed by atoms with Crippen molar-refractivity contribution in [1.82, 2.24) is 4.31 Å². The molecule has 1 aromatic heterocycles. The molecular formula is C21H19Cl2NO5S. The van der Waals surface area contributed by atoms with Crippen LogP contribution in [0, 0.1) is 0 Å². The van der Waals surface area contributed by atoms with Crippen LogP contribution < -0.4 is 9.47 Å². The van der Waals surface area contributed by atoms with Gasteiger partial charge < -0.3 is 13.9 Å². The van der Waals surface area contributed by atoms with E-state index in [-0.39, 0.29) is 16.5 Å². The quantitative estimate of drug-likeness (QED) is 0.531. The molecule has 0 aliphatic carbocycles. The number of rotatable bonds is 5. The van der Waals surface area contributed by atoms with Gasteiger partial charge >= 0.3 is 0 Å². The molecule has 1 atom stereocenters. The summed E-state index contributed by atoms with van der Waals surface area (Å²) in [6.07, 6.45) is 1.99. The molecule has 1 unspecified atom stereocenters. The van der Waals surface area contributed by atoms with E-state index >= 15 is 0 Å². The van der Waals surface area contributed by atoms with Gasteiger partial charge in [-0.15, -0.1) is 0 Å². The average molecular weight is 468 g/mol. The summed E-state index contributed by atoms with van der Waals surface area (Å²) in [5.74, 6) is 1.64. The first kappa shape index (κ1) is 21.1. The maximum absolute atomic E-state index is 13.6. The Morgan fingerprint density at radius 2 is 1.90 bits per heavy atom. The van der Waals surface area contributed by atoms with Crippen molar-refractivity contribution in [3.8, 4) is 11.5 Å². The highest BCUT2D eigenvalue weighted by atomic mass is 35.5. The summed E-state index contributed by atoms with van der Waals surface area (Å²) in [6.45, 7) is 0.232. The Hall–Kier alpha value is -2.19. The Labute approximate surface area is 185 Å². The van der Waals surface area contributed by atoms with E-state index in [2.05, 4.69) is 0 Å². The van der Waals surface area contributed by atoms with Crippen molar-refractivity contribution in [3.63, 3.8) is 0 Å². The van der Waals surface area contributed by atoms with Gasteiger partial charge in [0, 0.05) is 23.2 Å². The minimum Gasteiger partial charge on any atom is -0.497 e. The molecule has 6 nitrogen and oxygen atoms in total. The number of methoxy groups -OCH3 is 2. The van der Waals surface area contributed by atoms with Gasteiger partial charge in [0.25, 0.3) is 0 Å². The first-order chi connectivity index (χ1) is 14.4. The van der Waals surface area contributed by atoms with Gasteiger partial charge in [-0.05, 0) is 48.4 Å². The van der Waals surface area contributed by atoms with Gasteiger partial charge in [-0.2, -0.15) is 4.31 Å². The summed E-state index contributed by atoms with van der Waals surface area (Å²) in [7, 11) is -0.856. The van der Waals surface area contributed by atoms with Crippen molar-refractivity contribution in [2.75, 3.05) is 20.8 Å². The summed E-state index contributed by atoms with van der Waals surface area (Å²) < 4.78 is 45.3. The Morgan fingerprint density at radius 1 is 1.10 bits per heavy atom. The molecule has 3 aromatic rings. The smallest absolute Gasteiger partial charge is 0.245 e. The summed E-state index contributed by atoms with van der Waals surface area (Å²) in [4.78, 5) is -0.0129. The normalized spacial score (nSPS) is 16.9. The van der Waals surface area contributed by atoms with Crippen molar-refractivity contribution >= 4 is 33.2 Å². The molecule has 2 aromatic carbocycles. The van der Waals surface area contributed by atoms with Crippen LogP contribution in [0.15, 0.2) is 58.0 Å². The minimum atomic E-state index is -3.97. The van der Waals surface area contributed by atoms with Crippen LogP contribution in [0.25, 0.3) is 0 Å². The molecular weight excluding hydrogens is 449 g/mol. The molecule has 1 aliphatic rings. The van der Waals surface area contributed by atoms with Gasteiger partial charge in [0.2, 0.25) is 10.0 Å². The number of furan rings is 1. The van der Waals surface area contributed by atoms with Crippen molar-refractivity contribution in [3.05, 3.63) is 75.7 Å². The number of hydrogen-bond acceptors (Lipinski definition) is 5. The number of nitrogens with zero attached hydrogens (tertiary/aromatic N) is 1. The second kappa shape index (κ2) is 8.15. The molecule has 1 aliphatic heterocycles. The summed E-state index contributed by atoms with van der Waals surface area (Å²) in [5.41, 5.74) is 1.65. The lowest BCUT2D eigenvalue weighted by Crippen LogP contribution is -2.40. The molecule has 0 fully saturated rings. The molecule has 9 heteroatoms. The maximum Gasteiger partial charge on any atom is 0.245 e. The third-order valence-corrected chi connectivity index (χ3v) is 7.70. The fourth-order valence-electron chi connectivity index (χ4n) is 3.76. The Balaban J connectivity index is 1.92. The molecule has 0 saturated heterocycles. The molecule has 0 radical (unpaired) electrons. The van der Waals surface area contributed by atoms with E-state index in [1.807, 2.05) is 6.07 Å². The standard InChI is InChI=1S/C21H19Cl2NO5S/c1-27-15-10-13-7-8-24(30(25,26)19-6-5-14(22)11-16(19)23)21(17-4-3-9-29-17)20(13)18(12-15)28-2/h3-6,9-12,21H,7-8H2,1-2H3. The van der Waals surface area contributed by atoms with E-state index in [1.165, 1.54) is 35.9 Å². The second-order valence-corrected chi connectivity index (χ2v) is 9.46. The van der Waals surface area contributed by atoms with E-state index in [9.17, 15) is 8.42 Å². The van der Waals surface area contributed by atoms with Crippen LogP contribution in [0.1, 0.15) is 22.9 Å². The lowest BCUT2D eigenvalue weighted by Gasteiger charge is -2.36. The van der Waals surface area contributed by atoms with Crippen molar-refractivity contribution in [2.45, 2.75) is 17.4 Å². The Morgan fingerprint density at radius 3 is 2.53 bits per heavy atom. The first-order valence-electron chi connectivity index (χ1n) is 9.12. The Kier molecular flexibility index (Phi) is 5.72. The van der Waals surface area contributed by atoms with Crippen molar-refractivity contribution in [2.24, 2.45) is 0 Å². The summed E-state index contributed by atoms with van der Waals surface area (Å²) >= 11 is 12.2. The molecule has 0 spiro atoms. The SMILES string of the molecule is COc1cc2c(c(OC)c1)C(c1ccco1)N(S(=O)(=O)c1ccc(Cl)cc1Cl)CC2. The van der Waals surface area contributed by atoms with Gasteiger partial charge in [-0.1, -0.05) is 23.2 Å². The van der Waals surface area contributed by atoms with E-state index in [1.54, 1.807) is 25.3 Å². The fourth-order valence-corrected chi connectivity index (χ4v) is 6.08. The van der Waals surface area contributed by atoms with Crippen LogP contribution in [-0.2, 0) is 16.4 Å². The fraction of sp³-hybridized carbons (Fsp3) is 0.238. The molecule has 30 heavy (non-hydrogen) atoms. The van der Waals surface area contributed by atoms with Gasteiger partial charge in [-0.25, -0.2) is 8.42 Å². The largest absolute Gasteiger partial charge is 0.497 e. The lowest BCUT2D eigenvalue weighted by molar-refractivity contribution is 0.291. The van der Waals surface area contributed by atoms with E-state index in [0.29, 0.717) is 34.3 Å². The number of halogens is 2. The van der Waals surface area contributed by atoms with Crippen LogP contribution in [0.4, 0.5) is 0 Å². The number of ether oxygens (including phenoxy) is 2. The zero-order valence-corrected chi connectivity index (χ0v) is 18.6. The van der Waals surface area contributed by atoms with Crippen molar-refractivity contribution < 1.29 is 22.3 Å². The van der Waals surface area contributed by atoms with E-state index in [0.717, 1.165) is 5.56 Å². The third kappa shape index (κ3) is 3.56. The molecule has 2 heterocycles. The molecule has 158 valence electrons. The molecule has 0 saturated carbocycles. The highest BCUT2D eigenvalue weighted by molar-refractivity contribution is 7.89. The van der Waals surface area contributed by atoms with Gasteiger partial charge in [0.05, 0.1) is 25.5 Å². The first-order valence-corrected chi connectivity index (χ1v) is 11.3. The lowest BCUT2D eigenvalue weighted by atomic mass is 9.91. The van der Waals surface area contributed by atoms with Crippen molar-refractivity contribution in [1.29, 1.82) is 0 Å². The topological polar surface area (TPSA) is 69.0 Å². The third-order valence-electron chi connectivity index (χ3n) is 5.11.